The first-order valence-electron chi connectivity index (χ1n) is 4.45. The van der Waals surface area contributed by atoms with E-state index in [9.17, 15) is 8.78 Å². The van der Waals surface area contributed by atoms with E-state index in [-0.39, 0.29) is 13.2 Å². The molecule has 0 spiro atoms. The molecule has 0 radical (unpaired) electrons. The second-order valence-electron chi connectivity index (χ2n) is 2.64. The molecule has 15 heavy (non-hydrogen) atoms. The van der Waals surface area contributed by atoms with Gasteiger partial charge in [-0.3, -0.25) is 0 Å². The first-order valence-corrected chi connectivity index (χ1v) is 5.25. The van der Waals surface area contributed by atoms with Gasteiger partial charge in [0.15, 0.2) is 11.5 Å². The second-order valence-corrected chi connectivity index (χ2v) is 3.50. The van der Waals surface area contributed by atoms with Crippen LogP contribution in [-0.2, 0) is 0 Å². The number of benzene rings is 1. The molecular weight excluding hydrogens is 270 g/mol. The molecule has 0 amide bonds. The molecule has 0 unspecified atom stereocenters. The lowest BCUT2D eigenvalue weighted by molar-refractivity contribution is 0.234. The lowest BCUT2D eigenvalue weighted by Gasteiger charge is -2.12. The Balaban J connectivity index is 2.77. The number of ether oxygens (including phenoxy) is 2. The number of hydrogen-bond acceptors (Lipinski definition) is 2. The minimum Gasteiger partial charge on any atom is -0.487 e. The molecule has 0 aromatic heterocycles. The van der Waals surface area contributed by atoms with Gasteiger partial charge in [0.2, 0.25) is 0 Å². The summed E-state index contributed by atoms with van der Waals surface area (Å²) in [4.78, 5) is 0. The summed E-state index contributed by atoms with van der Waals surface area (Å²) < 4.78 is 34.8. The number of hydrogen-bond donors (Lipinski definition) is 0. The fourth-order valence-electron chi connectivity index (χ4n) is 1.03. The van der Waals surface area contributed by atoms with Crippen molar-refractivity contribution in [3.05, 3.63) is 22.7 Å². The highest BCUT2D eigenvalue weighted by Gasteiger charge is 2.08. The predicted molar refractivity (Wildman–Crippen MR) is 57.1 cm³/mol. The summed E-state index contributed by atoms with van der Waals surface area (Å²) in [6.07, 6.45) is 0. The van der Waals surface area contributed by atoms with Gasteiger partial charge in [0.1, 0.15) is 26.6 Å². The van der Waals surface area contributed by atoms with Crippen LogP contribution in [0, 0.1) is 0 Å². The van der Waals surface area contributed by atoms with Crippen molar-refractivity contribution in [2.75, 3.05) is 26.6 Å². The Morgan fingerprint density at radius 1 is 1.07 bits per heavy atom. The zero-order valence-electron chi connectivity index (χ0n) is 8.01. The van der Waals surface area contributed by atoms with Crippen LogP contribution in [0.5, 0.6) is 11.5 Å². The van der Waals surface area contributed by atoms with Crippen LogP contribution < -0.4 is 9.47 Å². The first-order chi connectivity index (χ1) is 7.29. The Morgan fingerprint density at radius 3 is 2.40 bits per heavy atom. The van der Waals surface area contributed by atoms with Gasteiger partial charge in [-0.15, -0.1) is 0 Å². The predicted octanol–water partition coefficient (Wildman–Crippen LogP) is 3.15. The molecule has 1 aromatic carbocycles. The smallest absolute Gasteiger partial charge is 0.175 e. The van der Waals surface area contributed by atoms with E-state index in [1.165, 1.54) is 0 Å². The van der Waals surface area contributed by atoms with E-state index < -0.39 is 13.3 Å². The fourth-order valence-corrected chi connectivity index (χ4v) is 1.49. The summed E-state index contributed by atoms with van der Waals surface area (Å²) in [5, 5.41) is 0. The van der Waals surface area contributed by atoms with E-state index in [2.05, 4.69) is 15.9 Å². The van der Waals surface area contributed by atoms with Gasteiger partial charge in [0.05, 0.1) is 4.47 Å². The number of halogens is 3. The molecule has 0 aliphatic heterocycles. The van der Waals surface area contributed by atoms with Crippen LogP contribution in [0.25, 0.3) is 0 Å². The second kappa shape index (κ2) is 6.61. The molecule has 2 nitrogen and oxygen atoms in total. The van der Waals surface area contributed by atoms with E-state index in [1.54, 1.807) is 18.2 Å². The van der Waals surface area contributed by atoms with Gasteiger partial charge >= 0.3 is 0 Å². The van der Waals surface area contributed by atoms with Crippen LogP contribution in [0.1, 0.15) is 0 Å². The lowest BCUT2D eigenvalue weighted by Crippen LogP contribution is -2.04. The van der Waals surface area contributed by atoms with Gasteiger partial charge in [0, 0.05) is 0 Å². The Morgan fingerprint density at radius 2 is 1.73 bits per heavy atom. The van der Waals surface area contributed by atoms with Crippen molar-refractivity contribution in [2.45, 2.75) is 0 Å². The van der Waals surface area contributed by atoms with Gasteiger partial charge in [-0.25, -0.2) is 8.78 Å². The SMILES string of the molecule is FCCOc1cccc(Br)c1OCCF. The van der Waals surface area contributed by atoms with Gasteiger partial charge in [-0.2, -0.15) is 0 Å². The topological polar surface area (TPSA) is 18.5 Å². The van der Waals surface area contributed by atoms with E-state index in [0.717, 1.165) is 0 Å². The maximum Gasteiger partial charge on any atom is 0.175 e. The minimum atomic E-state index is -0.579. The summed E-state index contributed by atoms with van der Waals surface area (Å²) in [6.45, 7) is -1.24. The molecule has 1 rings (SSSR count). The molecule has 0 N–H and O–H groups in total. The first kappa shape index (κ1) is 12.2. The van der Waals surface area contributed by atoms with Crippen molar-refractivity contribution >= 4 is 15.9 Å². The van der Waals surface area contributed by atoms with Crippen LogP contribution in [0.2, 0.25) is 0 Å². The molecule has 5 heteroatoms. The maximum absolute atomic E-state index is 12.0. The van der Waals surface area contributed by atoms with E-state index in [0.29, 0.717) is 16.0 Å². The van der Waals surface area contributed by atoms with Crippen LogP contribution in [0.4, 0.5) is 8.78 Å². The average Bonchev–Trinajstić information content (AvgIpc) is 2.25. The molecule has 0 saturated heterocycles. The molecule has 0 saturated carbocycles. The van der Waals surface area contributed by atoms with Gasteiger partial charge in [-0.05, 0) is 28.1 Å². The lowest BCUT2D eigenvalue weighted by atomic mass is 10.3. The number of rotatable bonds is 6. The van der Waals surface area contributed by atoms with Crippen LogP contribution in [0.3, 0.4) is 0 Å². The Hall–Kier alpha value is -0.840. The van der Waals surface area contributed by atoms with Crippen molar-refractivity contribution in [3.8, 4) is 11.5 Å². The molecule has 0 atom stereocenters. The molecule has 0 fully saturated rings. The molecule has 1 aromatic rings. The van der Waals surface area contributed by atoms with E-state index in [4.69, 9.17) is 9.47 Å². The zero-order chi connectivity index (χ0) is 11.1. The van der Waals surface area contributed by atoms with Gasteiger partial charge < -0.3 is 9.47 Å². The Labute approximate surface area is 95.3 Å². The van der Waals surface area contributed by atoms with Crippen molar-refractivity contribution in [3.63, 3.8) is 0 Å². The summed E-state index contributed by atoms with van der Waals surface area (Å²) >= 11 is 3.25. The maximum atomic E-state index is 12.0. The molecule has 0 bridgehead atoms. The minimum absolute atomic E-state index is 0.0392. The normalized spacial score (nSPS) is 10.1. The molecular formula is C10H11BrF2O2. The van der Waals surface area contributed by atoms with Crippen molar-refractivity contribution < 1.29 is 18.3 Å². The van der Waals surface area contributed by atoms with Crippen molar-refractivity contribution in [2.24, 2.45) is 0 Å². The quantitative estimate of drug-likeness (QED) is 0.797. The van der Waals surface area contributed by atoms with E-state index in [1.807, 2.05) is 0 Å². The number of alkyl halides is 2. The molecule has 0 heterocycles. The summed E-state index contributed by atoms with van der Waals surface area (Å²) in [6, 6.07) is 5.13. The number of para-hydroxylation sites is 1. The Kier molecular flexibility index (Phi) is 5.39. The van der Waals surface area contributed by atoms with Gasteiger partial charge in [-0.1, -0.05) is 6.07 Å². The summed E-state index contributed by atoms with van der Waals surface area (Å²) in [5.41, 5.74) is 0. The highest BCUT2D eigenvalue weighted by molar-refractivity contribution is 9.10. The van der Waals surface area contributed by atoms with Crippen LogP contribution in [0.15, 0.2) is 22.7 Å². The Bertz CT molecular complexity index is 307. The highest BCUT2D eigenvalue weighted by Crippen LogP contribution is 2.35. The zero-order valence-corrected chi connectivity index (χ0v) is 9.60. The largest absolute Gasteiger partial charge is 0.487 e. The fraction of sp³-hybridized carbons (Fsp3) is 0.400. The standard InChI is InChI=1S/C10H11BrF2O2/c11-8-2-1-3-9(14-6-4-12)10(8)15-7-5-13/h1-3H,4-7H2. The third kappa shape index (κ3) is 3.66. The van der Waals surface area contributed by atoms with Crippen molar-refractivity contribution in [1.82, 2.24) is 0 Å². The third-order valence-corrected chi connectivity index (χ3v) is 2.21. The summed E-state index contributed by atoms with van der Waals surface area (Å²) in [5.74, 6) is 0.819. The third-order valence-electron chi connectivity index (χ3n) is 1.59. The monoisotopic (exact) mass is 280 g/mol. The summed E-state index contributed by atoms with van der Waals surface area (Å²) in [7, 11) is 0. The van der Waals surface area contributed by atoms with Crippen LogP contribution in [-0.4, -0.2) is 26.6 Å². The van der Waals surface area contributed by atoms with E-state index >= 15 is 0 Å². The van der Waals surface area contributed by atoms with Crippen LogP contribution >= 0.6 is 15.9 Å². The molecule has 0 aliphatic carbocycles. The average molecular weight is 281 g/mol. The molecule has 84 valence electrons. The molecule has 0 aliphatic rings. The van der Waals surface area contributed by atoms with Gasteiger partial charge in [0.25, 0.3) is 0 Å². The van der Waals surface area contributed by atoms with Crippen molar-refractivity contribution in [1.29, 1.82) is 0 Å². The highest BCUT2D eigenvalue weighted by atomic mass is 79.9.